The van der Waals surface area contributed by atoms with Gasteiger partial charge in [-0.1, -0.05) is 34.1 Å². The molecule has 0 atom stereocenters. The average Bonchev–Trinajstić information content (AvgIpc) is 2.26. The highest BCUT2D eigenvalue weighted by molar-refractivity contribution is 5.74. The van der Waals surface area contributed by atoms with Crippen molar-refractivity contribution in [1.29, 1.82) is 0 Å². The van der Waals surface area contributed by atoms with Gasteiger partial charge in [0, 0.05) is 12.1 Å². The molecule has 2 amide bonds. The normalized spacial score (nSPS) is 11.2. The molecule has 90 valence electrons. The van der Waals surface area contributed by atoms with Crippen LogP contribution in [0.2, 0.25) is 0 Å². The number of amides is 2. The molecule has 3 nitrogen and oxygen atoms in total. The van der Waals surface area contributed by atoms with Crippen LogP contribution in [0.25, 0.3) is 0 Å². The maximum absolute atomic E-state index is 11.6. The summed E-state index contributed by atoms with van der Waals surface area (Å²) in [5.41, 5.74) is -0.0176. The average molecular weight is 214 g/mol. The minimum Gasteiger partial charge on any atom is -0.338 e. The Morgan fingerprint density at radius 2 is 1.60 bits per heavy atom. The number of unbranched alkanes of at least 4 members (excludes halogenated alkanes) is 1. The van der Waals surface area contributed by atoms with Crippen LogP contribution in [0.15, 0.2) is 0 Å². The molecule has 0 bridgehead atoms. The van der Waals surface area contributed by atoms with E-state index in [0.717, 1.165) is 38.6 Å². The second-order valence-electron chi connectivity index (χ2n) is 4.08. The quantitative estimate of drug-likeness (QED) is 0.628. The van der Waals surface area contributed by atoms with Gasteiger partial charge in [-0.05, 0) is 25.7 Å². The number of carbonyl (C=O) groups excluding carboxylic acids is 1. The summed E-state index contributed by atoms with van der Waals surface area (Å²) in [7, 11) is 0. The van der Waals surface area contributed by atoms with Gasteiger partial charge in [0.1, 0.15) is 0 Å². The van der Waals surface area contributed by atoms with Crippen LogP contribution in [0.5, 0.6) is 0 Å². The zero-order valence-corrected chi connectivity index (χ0v) is 10.7. The zero-order valence-electron chi connectivity index (χ0n) is 10.7. The van der Waals surface area contributed by atoms with E-state index in [4.69, 9.17) is 0 Å². The summed E-state index contributed by atoms with van der Waals surface area (Å²) < 4.78 is 0. The summed E-state index contributed by atoms with van der Waals surface area (Å²) in [5.74, 6) is 0. The number of nitrogens with one attached hydrogen (secondary N) is 2. The van der Waals surface area contributed by atoms with E-state index in [1.54, 1.807) is 0 Å². The largest absolute Gasteiger partial charge is 0.338 e. The Labute approximate surface area is 94.0 Å². The Morgan fingerprint density at radius 3 is 2.00 bits per heavy atom. The Morgan fingerprint density at radius 1 is 1.07 bits per heavy atom. The third-order valence-electron chi connectivity index (χ3n) is 3.22. The van der Waals surface area contributed by atoms with Gasteiger partial charge in [-0.15, -0.1) is 0 Å². The molecule has 0 aromatic carbocycles. The van der Waals surface area contributed by atoms with Crippen LogP contribution in [-0.4, -0.2) is 18.1 Å². The fourth-order valence-corrected chi connectivity index (χ4v) is 1.68. The number of rotatable bonds is 7. The first-order chi connectivity index (χ1) is 7.14. The first kappa shape index (κ1) is 14.3. The topological polar surface area (TPSA) is 41.1 Å². The standard InChI is InChI=1S/C12H26N2O/c1-5-9-10-13-11(15)14-12(6-2,7-3)8-4/h5-10H2,1-4H3,(H2,13,14,15). The van der Waals surface area contributed by atoms with Gasteiger partial charge in [-0.2, -0.15) is 0 Å². The molecule has 0 heterocycles. The van der Waals surface area contributed by atoms with E-state index in [0.29, 0.717) is 0 Å². The van der Waals surface area contributed by atoms with Crippen molar-refractivity contribution in [3.05, 3.63) is 0 Å². The van der Waals surface area contributed by atoms with Crippen LogP contribution in [-0.2, 0) is 0 Å². The van der Waals surface area contributed by atoms with Gasteiger partial charge in [0.2, 0.25) is 0 Å². The van der Waals surface area contributed by atoms with E-state index in [2.05, 4.69) is 38.3 Å². The van der Waals surface area contributed by atoms with Crippen LogP contribution in [0.4, 0.5) is 4.79 Å². The van der Waals surface area contributed by atoms with Gasteiger partial charge in [0.15, 0.2) is 0 Å². The predicted octanol–water partition coefficient (Wildman–Crippen LogP) is 3.05. The SMILES string of the molecule is CCCCNC(=O)NC(CC)(CC)CC. The predicted molar refractivity (Wildman–Crippen MR) is 65.0 cm³/mol. The van der Waals surface area contributed by atoms with Gasteiger partial charge in [-0.25, -0.2) is 4.79 Å². The lowest BCUT2D eigenvalue weighted by atomic mass is 9.90. The first-order valence-corrected chi connectivity index (χ1v) is 6.20. The Hall–Kier alpha value is -0.730. The highest BCUT2D eigenvalue weighted by Gasteiger charge is 2.25. The molecule has 0 rings (SSSR count). The number of carbonyl (C=O) groups is 1. The maximum Gasteiger partial charge on any atom is 0.315 e. The first-order valence-electron chi connectivity index (χ1n) is 6.20. The monoisotopic (exact) mass is 214 g/mol. The van der Waals surface area contributed by atoms with Crippen LogP contribution in [0, 0.1) is 0 Å². The van der Waals surface area contributed by atoms with Crippen molar-refractivity contribution in [3.8, 4) is 0 Å². The van der Waals surface area contributed by atoms with Crippen LogP contribution < -0.4 is 10.6 Å². The van der Waals surface area contributed by atoms with Crippen molar-refractivity contribution in [2.75, 3.05) is 6.54 Å². The lowest BCUT2D eigenvalue weighted by molar-refractivity contribution is 0.218. The molecule has 0 spiro atoms. The van der Waals surface area contributed by atoms with Crippen LogP contribution in [0.3, 0.4) is 0 Å². The lowest BCUT2D eigenvalue weighted by Gasteiger charge is -2.31. The summed E-state index contributed by atoms with van der Waals surface area (Å²) in [5, 5.41) is 5.98. The van der Waals surface area contributed by atoms with Gasteiger partial charge >= 0.3 is 6.03 Å². The minimum absolute atomic E-state index is 0.0176. The van der Waals surface area contributed by atoms with Crippen molar-refractivity contribution in [2.45, 2.75) is 65.3 Å². The van der Waals surface area contributed by atoms with Gasteiger partial charge < -0.3 is 10.6 Å². The fourth-order valence-electron chi connectivity index (χ4n) is 1.68. The van der Waals surface area contributed by atoms with Gasteiger partial charge in [0.05, 0.1) is 0 Å². The van der Waals surface area contributed by atoms with Crippen molar-refractivity contribution in [3.63, 3.8) is 0 Å². The summed E-state index contributed by atoms with van der Waals surface area (Å²) >= 11 is 0. The van der Waals surface area contributed by atoms with Crippen LogP contribution >= 0.6 is 0 Å². The second kappa shape index (κ2) is 7.55. The number of urea groups is 1. The second-order valence-corrected chi connectivity index (χ2v) is 4.08. The Bertz CT molecular complexity index is 168. The van der Waals surface area contributed by atoms with Crippen LogP contribution in [0.1, 0.15) is 59.8 Å². The molecule has 2 N–H and O–H groups in total. The molecule has 0 aliphatic rings. The molecular formula is C12H26N2O. The van der Waals surface area contributed by atoms with E-state index in [1.807, 2.05) is 0 Å². The Balaban J connectivity index is 4.00. The Kier molecular flexibility index (Phi) is 7.18. The highest BCUT2D eigenvalue weighted by atomic mass is 16.2. The minimum atomic E-state index is -0.0194. The molecule has 0 unspecified atom stereocenters. The molecule has 15 heavy (non-hydrogen) atoms. The molecule has 0 aliphatic heterocycles. The summed E-state index contributed by atoms with van der Waals surface area (Å²) in [6.07, 6.45) is 5.12. The van der Waals surface area contributed by atoms with Gasteiger partial charge in [0.25, 0.3) is 0 Å². The number of hydrogen-bond donors (Lipinski definition) is 2. The maximum atomic E-state index is 11.6. The summed E-state index contributed by atoms with van der Waals surface area (Å²) in [6.45, 7) is 9.27. The molecule has 0 aliphatic carbocycles. The van der Waals surface area contributed by atoms with Crippen molar-refractivity contribution >= 4 is 6.03 Å². The third-order valence-corrected chi connectivity index (χ3v) is 3.22. The van der Waals surface area contributed by atoms with E-state index >= 15 is 0 Å². The molecule has 0 saturated heterocycles. The van der Waals surface area contributed by atoms with Crippen molar-refractivity contribution in [2.24, 2.45) is 0 Å². The molecular weight excluding hydrogens is 188 g/mol. The molecule has 0 aromatic heterocycles. The summed E-state index contributed by atoms with van der Waals surface area (Å²) in [6, 6.07) is -0.0194. The van der Waals surface area contributed by atoms with E-state index in [9.17, 15) is 4.79 Å². The highest BCUT2D eigenvalue weighted by Crippen LogP contribution is 2.18. The van der Waals surface area contributed by atoms with E-state index in [-0.39, 0.29) is 11.6 Å². The molecule has 0 fully saturated rings. The van der Waals surface area contributed by atoms with E-state index < -0.39 is 0 Å². The summed E-state index contributed by atoms with van der Waals surface area (Å²) in [4.78, 5) is 11.6. The third kappa shape index (κ3) is 5.05. The van der Waals surface area contributed by atoms with Crippen molar-refractivity contribution in [1.82, 2.24) is 10.6 Å². The smallest absolute Gasteiger partial charge is 0.315 e. The zero-order chi connectivity index (χ0) is 11.7. The fraction of sp³-hybridized carbons (Fsp3) is 0.917. The lowest BCUT2D eigenvalue weighted by Crippen LogP contribution is -2.51. The molecule has 0 aromatic rings. The molecule has 0 saturated carbocycles. The van der Waals surface area contributed by atoms with Crippen molar-refractivity contribution < 1.29 is 4.79 Å². The van der Waals surface area contributed by atoms with Gasteiger partial charge in [-0.3, -0.25) is 0 Å². The molecule has 0 radical (unpaired) electrons. The van der Waals surface area contributed by atoms with E-state index in [1.165, 1.54) is 0 Å². The molecule has 3 heteroatoms. The number of hydrogen-bond acceptors (Lipinski definition) is 1.